The van der Waals surface area contributed by atoms with Gasteiger partial charge in [-0.2, -0.15) is 0 Å². The van der Waals surface area contributed by atoms with E-state index in [1.54, 1.807) is 32.9 Å². The predicted molar refractivity (Wildman–Crippen MR) is 81.9 cm³/mol. The van der Waals surface area contributed by atoms with E-state index < -0.39 is 17.7 Å². The maximum atomic E-state index is 11.5. The minimum atomic E-state index is -0.553. The van der Waals surface area contributed by atoms with Crippen molar-refractivity contribution in [2.75, 3.05) is 19.8 Å². The summed E-state index contributed by atoms with van der Waals surface area (Å²) in [5.74, 6) is 0.112. The number of aryl methyl sites for hydroxylation is 1. The molecular weight excluding hydrogens is 286 g/mol. The zero-order valence-corrected chi connectivity index (χ0v) is 13.5. The Kier molecular flexibility index (Phi) is 6.69. The number of hydrogen-bond donors (Lipinski definition) is 1. The summed E-state index contributed by atoms with van der Waals surface area (Å²) in [4.78, 5) is 22.8. The van der Waals surface area contributed by atoms with Crippen LogP contribution >= 0.6 is 0 Å². The smallest absolute Gasteiger partial charge is 0.407 e. The standard InChI is InChI=1S/C16H23NO5/c1-12-5-7-13(8-6-12)21-11-14(18)20-10-9-17-15(19)22-16(2,3)4/h5-8H,9-11H2,1-4H3,(H,17,19). The molecule has 0 saturated carbocycles. The van der Waals surface area contributed by atoms with E-state index in [9.17, 15) is 9.59 Å². The van der Waals surface area contributed by atoms with Crippen LogP contribution < -0.4 is 10.1 Å². The first-order chi connectivity index (χ1) is 10.3. The number of benzene rings is 1. The molecule has 1 N–H and O–H groups in total. The summed E-state index contributed by atoms with van der Waals surface area (Å²) in [6.07, 6.45) is -0.542. The number of carbonyl (C=O) groups excluding carboxylic acids is 2. The molecule has 0 atom stereocenters. The zero-order chi connectivity index (χ0) is 16.6. The van der Waals surface area contributed by atoms with E-state index in [1.807, 2.05) is 19.1 Å². The van der Waals surface area contributed by atoms with Gasteiger partial charge in [0.2, 0.25) is 0 Å². The molecular formula is C16H23NO5. The first kappa shape index (κ1) is 17.8. The summed E-state index contributed by atoms with van der Waals surface area (Å²) in [5.41, 5.74) is 0.561. The third-order valence-corrected chi connectivity index (χ3v) is 2.41. The average molecular weight is 309 g/mol. The summed E-state index contributed by atoms with van der Waals surface area (Å²) in [6.45, 7) is 7.37. The maximum absolute atomic E-state index is 11.5. The topological polar surface area (TPSA) is 73.9 Å². The molecule has 0 bridgehead atoms. The summed E-state index contributed by atoms with van der Waals surface area (Å²) in [7, 11) is 0. The normalized spacial score (nSPS) is 10.7. The Balaban J connectivity index is 2.13. The van der Waals surface area contributed by atoms with Crippen LogP contribution in [0, 0.1) is 6.92 Å². The van der Waals surface area contributed by atoms with Crippen molar-refractivity contribution >= 4 is 12.1 Å². The Morgan fingerprint density at radius 1 is 1.14 bits per heavy atom. The molecule has 0 radical (unpaired) electrons. The number of carbonyl (C=O) groups is 2. The van der Waals surface area contributed by atoms with Crippen molar-refractivity contribution in [1.29, 1.82) is 0 Å². The molecule has 0 aliphatic carbocycles. The Morgan fingerprint density at radius 3 is 2.36 bits per heavy atom. The highest BCUT2D eigenvalue weighted by Crippen LogP contribution is 2.11. The highest BCUT2D eigenvalue weighted by atomic mass is 16.6. The summed E-state index contributed by atoms with van der Waals surface area (Å²) < 4.78 is 15.3. The Morgan fingerprint density at radius 2 is 1.77 bits per heavy atom. The Labute approximate surface area is 130 Å². The van der Waals surface area contributed by atoms with Crippen molar-refractivity contribution in [3.05, 3.63) is 29.8 Å². The van der Waals surface area contributed by atoms with Crippen LogP contribution in [0.25, 0.3) is 0 Å². The van der Waals surface area contributed by atoms with Gasteiger partial charge in [0.15, 0.2) is 6.61 Å². The molecule has 22 heavy (non-hydrogen) atoms. The van der Waals surface area contributed by atoms with Crippen LogP contribution in [0.1, 0.15) is 26.3 Å². The van der Waals surface area contributed by atoms with Crippen LogP contribution in [0.5, 0.6) is 5.75 Å². The molecule has 0 aliphatic rings. The van der Waals surface area contributed by atoms with E-state index in [0.29, 0.717) is 5.75 Å². The Hall–Kier alpha value is -2.24. The van der Waals surface area contributed by atoms with Gasteiger partial charge < -0.3 is 19.5 Å². The molecule has 122 valence electrons. The van der Waals surface area contributed by atoms with E-state index in [1.165, 1.54) is 0 Å². The zero-order valence-electron chi connectivity index (χ0n) is 13.5. The third-order valence-electron chi connectivity index (χ3n) is 2.41. The van der Waals surface area contributed by atoms with Crippen molar-refractivity contribution in [3.63, 3.8) is 0 Å². The molecule has 0 fully saturated rings. The lowest BCUT2D eigenvalue weighted by molar-refractivity contribution is -0.145. The number of alkyl carbamates (subject to hydrolysis) is 1. The van der Waals surface area contributed by atoms with E-state index in [2.05, 4.69) is 5.32 Å². The number of hydrogen-bond acceptors (Lipinski definition) is 5. The number of ether oxygens (including phenoxy) is 3. The highest BCUT2D eigenvalue weighted by Gasteiger charge is 2.15. The van der Waals surface area contributed by atoms with Crippen molar-refractivity contribution < 1.29 is 23.8 Å². The highest BCUT2D eigenvalue weighted by molar-refractivity contribution is 5.71. The minimum absolute atomic E-state index is 0.0648. The van der Waals surface area contributed by atoms with Gasteiger partial charge in [0, 0.05) is 0 Å². The number of rotatable bonds is 6. The van der Waals surface area contributed by atoms with Gasteiger partial charge in [0.25, 0.3) is 0 Å². The van der Waals surface area contributed by atoms with Crippen LogP contribution in [0.3, 0.4) is 0 Å². The van der Waals surface area contributed by atoms with Gasteiger partial charge >= 0.3 is 12.1 Å². The summed E-state index contributed by atoms with van der Waals surface area (Å²) in [6, 6.07) is 7.36. The van der Waals surface area contributed by atoms with Crippen molar-refractivity contribution in [2.45, 2.75) is 33.3 Å². The quantitative estimate of drug-likeness (QED) is 0.645. The molecule has 0 aliphatic heterocycles. The fraction of sp³-hybridized carbons (Fsp3) is 0.500. The first-order valence-electron chi connectivity index (χ1n) is 7.08. The average Bonchev–Trinajstić information content (AvgIpc) is 2.41. The SMILES string of the molecule is Cc1ccc(OCC(=O)OCCNC(=O)OC(C)(C)C)cc1. The van der Waals surface area contributed by atoms with Crippen LogP contribution in [0.15, 0.2) is 24.3 Å². The first-order valence-corrected chi connectivity index (χ1v) is 7.08. The summed E-state index contributed by atoms with van der Waals surface area (Å²) in [5, 5.41) is 2.50. The van der Waals surface area contributed by atoms with Gasteiger partial charge in [-0.05, 0) is 39.8 Å². The second-order valence-corrected chi connectivity index (χ2v) is 5.75. The molecule has 1 rings (SSSR count). The van der Waals surface area contributed by atoms with E-state index in [0.717, 1.165) is 5.56 Å². The molecule has 0 heterocycles. The monoisotopic (exact) mass is 309 g/mol. The van der Waals surface area contributed by atoms with Crippen molar-refractivity contribution in [2.24, 2.45) is 0 Å². The fourth-order valence-electron chi connectivity index (χ4n) is 1.45. The van der Waals surface area contributed by atoms with Crippen LogP contribution in [0.2, 0.25) is 0 Å². The molecule has 6 nitrogen and oxygen atoms in total. The van der Waals surface area contributed by atoms with Gasteiger partial charge in [0.05, 0.1) is 6.54 Å². The lowest BCUT2D eigenvalue weighted by Crippen LogP contribution is -2.34. The van der Waals surface area contributed by atoms with Gasteiger partial charge in [-0.3, -0.25) is 0 Å². The van der Waals surface area contributed by atoms with Gasteiger partial charge in [0.1, 0.15) is 18.0 Å². The van der Waals surface area contributed by atoms with E-state index in [4.69, 9.17) is 14.2 Å². The number of nitrogens with one attached hydrogen (secondary N) is 1. The molecule has 1 aromatic rings. The molecule has 6 heteroatoms. The van der Waals surface area contributed by atoms with Gasteiger partial charge in [-0.15, -0.1) is 0 Å². The maximum Gasteiger partial charge on any atom is 0.407 e. The lowest BCUT2D eigenvalue weighted by Gasteiger charge is -2.19. The van der Waals surface area contributed by atoms with Gasteiger partial charge in [-0.25, -0.2) is 9.59 Å². The molecule has 0 spiro atoms. The second kappa shape index (κ2) is 8.26. The van der Waals surface area contributed by atoms with Crippen molar-refractivity contribution in [1.82, 2.24) is 5.32 Å². The van der Waals surface area contributed by atoms with Gasteiger partial charge in [-0.1, -0.05) is 17.7 Å². The Bertz CT molecular complexity index is 490. The molecule has 0 aromatic heterocycles. The largest absolute Gasteiger partial charge is 0.482 e. The molecule has 1 aromatic carbocycles. The van der Waals surface area contributed by atoms with Crippen LogP contribution in [-0.2, 0) is 14.3 Å². The predicted octanol–water partition coefficient (Wildman–Crippen LogP) is 2.44. The van der Waals surface area contributed by atoms with E-state index in [-0.39, 0.29) is 19.8 Å². The minimum Gasteiger partial charge on any atom is -0.482 e. The third kappa shape index (κ3) is 8.14. The second-order valence-electron chi connectivity index (χ2n) is 5.75. The fourth-order valence-corrected chi connectivity index (χ4v) is 1.45. The number of esters is 1. The molecule has 0 saturated heterocycles. The molecule has 0 unspecified atom stereocenters. The van der Waals surface area contributed by atoms with E-state index >= 15 is 0 Å². The van der Waals surface area contributed by atoms with Crippen LogP contribution in [-0.4, -0.2) is 37.4 Å². The summed E-state index contributed by atoms with van der Waals surface area (Å²) >= 11 is 0. The lowest BCUT2D eigenvalue weighted by atomic mass is 10.2. The molecule has 1 amide bonds. The van der Waals surface area contributed by atoms with Crippen LogP contribution in [0.4, 0.5) is 4.79 Å². The number of amides is 1. The van der Waals surface area contributed by atoms with Crippen molar-refractivity contribution in [3.8, 4) is 5.75 Å².